The Balaban J connectivity index is 3.23. The van der Waals surface area contributed by atoms with Gasteiger partial charge >= 0.3 is 11.9 Å². The molecule has 2 N–H and O–H groups in total. The normalized spacial score (nSPS) is 10.3. The molecule has 0 aliphatic rings. The molecule has 15 heavy (non-hydrogen) atoms. The molecule has 1 aromatic heterocycles. The molecular formula is C9H8O5S. The third kappa shape index (κ3) is 2.21. The average Bonchev–Trinajstić information content (AvgIpc) is 2.51. The first-order valence-electron chi connectivity index (χ1n) is 3.99. The molecule has 0 spiro atoms. The van der Waals surface area contributed by atoms with Crippen molar-refractivity contribution in [2.24, 2.45) is 0 Å². The van der Waals surface area contributed by atoms with Gasteiger partial charge in [0.05, 0.1) is 4.88 Å². The van der Waals surface area contributed by atoms with Crippen LogP contribution in [-0.2, 0) is 9.59 Å². The monoisotopic (exact) mass is 228 g/mol. The van der Waals surface area contributed by atoms with Crippen molar-refractivity contribution in [2.45, 2.75) is 12.8 Å². The highest BCUT2D eigenvalue weighted by Gasteiger charge is 2.31. The zero-order valence-electron chi connectivity index (χ0n) is 7.76. The van der Waals surface area contributed by atoms with E-state index in [4.69, 9.17) is 10.2 Å². The summed E-state index contributed by atoms with van der Waals surface area (Å²) in [4.78, 5) is 32.7. The third-order valence-corrected chi connectivity index (χ3v) is 2.85. The number of thiophene rings is 1. The minimum Gasteiger partial charge on any atom is -0.480 e. The van der Waals surface area contributed by atoms with E-state index in [1.807, 2.05) is 0 Å². The van der Waals surface area contributed by atoms with Crippen molar-refractivity contribution >= 4 is 29.1 Å². The Bertz CT molecular complexity index is 406. The summed E-state index contributed by atoms with van der Waals surface area (Å²) in [6.45, 7) is 1.27. The lowest BCUT2D eigenvalue weighted by atomic mass is 9.99. The molecule has 0 amide bonds. The summed E-state index contributed by atoms with van der Waals surface area (Å²) >= 11 is 1.04. The van der Waals surface area contributed by atoms with E-state index >= 15 is 0 Å². The highest BCUT2D eigenvalue weighted by atomic mass is 32.1. The molecule has 0 radical (unpaired) electrons. The zero-order chi connectivity index (χ0) is 11.6. The molecule has 0 aliphatic heterocycles. The number of carboxylic acid groups (broad SMARTS) is 2. The number of ketones is 1. The molecule has 0 saturated carbocycles. The van der Waals surface area contributed by atoms with E-state index < -0.39 is 17.9 Å². The first-order valence-corrected chi connectivity index (χ1v) is 4.87. The van der Waals surface area contributed by atoms with Crippen LogP contribution in [0.25, 0.3) is 0 Å². The smallest absolute Gasteiger partial charge is 0.322 e. The minimum atomic E-state index is -1.67. The third-order valence-electron chi connectivity index (χ3n) is 1.82. The van der Waals surface area contributed by atoms with Crippen LogP contribution in [-0.4, -0.2) is 27.9 Å². The molecule has 80 valence electrons. The SMILES string of the molecule is CC(=O)c1sccc1C(C(=O)O)C(=O)O. The number of hydrogen-bond acceptors (Lipinski definition) is 4. The summed E-state index contributed by atoms with van der Waals surface area (Å²) in [5.74, 6) is -4.94. The van der Waals surface area contributed by atoms with Crippen molar-refractivity contribution in [2.75, 3.05) is 0 Å². The first-order chi connectivity index (χ1) is 6.95. The fourth-order valence-electron chi connectivity index (χ4n) is 1.20. The molecule has 1 rings (SSSR count). The highest BCUT2D eigenvalue weighted by molar-refractivity contribution is 7.12. The molecule has 0 atom stereocenters. The van der Waals surface area contributed by atoms with Crippen LogP contribution in [0, 0.1) is 0 Å². The molecule has 1 heterocycles. The van der Waals surface area contributed by atoms with Crippen LogP contribution in [0.1, 0.15) is 28.1 Å². The van der Waals surface area contributed by atoms with Crippen molar-refractivity contribution in [1.29, 1.82) is 0 Å². The van der Waals surface area contributed by atoms with Gasteiger partial charge in [0.2, 0.25) is 0 Å². The zero-order valence-corrected chi connectivity index (χ0v) is 8.58. The van der Waals surface area contributed by atoms with Gasteiger partial charge < -0.3 is 10.2 Å². The molecule has 0 aromatic carbocycles. The predicted molar refractivity (Wildman–Crippen MR) is 52.3 cm³/mol. The Kier molecular flexibility index (Phi) is 3.21. The van der Waals surface area contributed by atoms with Crippen molar-refractivity contribution in [3.05, 3.63) is 21.9 Å². The maximum atomic E-state index is 11.1. The number of hydrogen-bond donors (Lipinski definition) is 2. The quantitative estimate of drug-likeness (QED) is 0.596. The van der Waals surface area contributed by atoms with E-state index in [2.05, 4.69) is 0 Å². The summed E-state index contributed by atoms with van der Waals surface area (Å²) < 4.78 is 0. The van der Waals surface area contributed by atoms with Crippen LogP contribution in [0.2, 0.25) is 0 Å². The van der Waals surface area contributed by atoms with Gasteiger partial charge in [0, 0.05) is 0 Å². The van der Waals surface area contributed by atoms with Gasteiger partial charge in [-0.2, -0.15) is 0 Å². The van der Waals surface area contributed by atoms with Gasteiger partial charge in [-0.15, -0.1) is 11.3 Å². The second-order valence-corrected chi connectivity index (χ2v) is 3.79. The van der Waals surface area contributed by atoms with E-state index in [-0.39, 0.29) is 16.2 Å². The fraction of sp³-hybridized carbons (Fsp3) is 0.222. The van der Waals surface area contributed by atoms with E-state index in [0.717, 1.165) is 11.3 Å². The van der Waals surface area contributed by atoms with Crippen molar-refractivity contribution in [3.8, 4) is 0 Å². The summed E-state index contributed by atoms with van der Waals surface area (Å²) in [6, 6.07) is 1.36. The number of carbonyl (C=O) groups is 3. The Morgan fingerprint density at radius 3 is 2.20 bits per heavy atom. The fourth-order valence-corrected chi connectivity index (χ4v) is 2.04. The molecular weight excluding hydrogens is 220 g/mol. The van der Waals surface area contributed by atoms with Gasteiger partial charge in [0.15, 0.2) is 11.7 Å². The number of Topliss-reactive ketones (excluding diaryl/α,β-unsaturated/α-hetero) is 1. The van der Waals surface area contributed by atoms with Crippen LogP contribution in [0.5, 0.6) is 0 Å². The second kappa shape index (κ2) is 4.22. The van der Waals surface area contributed by atoms with Gasteiger partial charge in [-0.05, 0) is 23.9 Å². The largest absolute Gasteiger partial charge is 0.480 e. The van der Waals surface area contributed by atoms with E-state index in [9.17, 15) is 14.4 Å². The van der Waals surface area contributed by atoms with E-state index in [0.29, 0.717) is 0 Å². The van der Waals surface area contributed by atoms with Gasteiger partial charge in [-0.1, -0.05) is 0 Å². The average molecular weight is 228 g/mol. The topological polar surface area (TPSA) is 91.7 Å². The van der Waals surface area contributed by atoms with Gasteiger partial charge in [-0.3, -0.25) is 14.4 Å². The standard InChI is InChI=1S/C9H8O5S/c1-4(10)7-5(2-3-15-7)6(8(11)12)9(13)14/h2-3,6H,1H3,(H,11,12)(H,13,14). The molecule has 0 bridgehead atoms. The maximum absolute atomic E-state index is 11.1. The molecule has 0 saturated heterocycles. The molecule has 0 fully saturated rings. The van der Waals surface area contributed by atoms with Crippen LogP contribution >= 0.6 is 11.3 Å². The molecule has 0 unspecified atom stereocenters. The summed E-state index contributed by atoms with van der Waals surface area (Å²) in [5, 5.41) is 19.0. The van der Waals surface area contributed by atoms with Crippen LogP contribution in [0.15, 0.2) is 11.4 Å². The van der Waals surface area contributed by atoms with Crippen molar-refractivity contribution < 1.29 is 24.6 Å². The van der Waals surface area contributed by atoms with Gasteiger partial charge in [0.1, 0.15) is 0 Å². The lowest BCUT2D eigenvalue weighted by molar-refractivity contribution is -0.150. The van der Waals surface area contributed by atoms with Crippen LogP contribution in [0.3, 0.4) is 0 Å². The van der Waals surface area contributed by atoms with E-state index in [1.165, 1.54) is 18.4 Å². The maximum Gasteiger partial charge on any atom is 0.322 e. The van der Waals surface area contributed by atoms with Gasteiger partial charge in [0.25, 0.3) is 0 Å². The highest BCUT2D eigenvalue weighted by Crippen LogP contribution is 2.26. The second-order valence-electron chi connectivity index (χ2n) is 2.87. The molecule has 5 nitrogen and oxygen atoms in total. The minimum absolute atomic E-state index is 0.0486. The van der Waals surface area contributed by atoms with Crippen LogP contribution in [0.4, 0.5) is 0 Å². The van der Waals surface area contributed by atoms with Crippen molar-refractivity contribution in [1.82, 2.24) is 0 Å². The lowest BCUT2D eigenvalue weighted by Gasteiger charge is -2.06. The molecule has 1 aromatic rings. The van der Waals surface area contributed by atoms with E-state index in [1.54, 1.807) is 0 Å². The number of aliphatic carboxylic acids is 2. The lowest BCUT2D eigenvalue weighted by Crippen LogP contribution is -2.22. The number of carboxylic acids is 2. The Morgan fingerprint density at radius 1 is 1.27 bits per heavy atom. The van der Waals surface area contributed by atoms with Crippen molar-refractivity contribution in [3.63, 3.8) is 0 Å². The van der Waals surface area contributed by atoms with Crippen LogP contribution < -0.4 is 0 Å². The Hall–Kier alpha value is -1.69. The molecule has 0 aliphatic carbocycles. The van der Waals surface area contributed by atoms with Gasteiger partial charge in [-0.25, -0.2) is 0 Å². The summed E-state index contributed by atoms with van der Waals surface area (Å²) in [5.41, 5.74) is 0.0486. The summed E-state index contributed by atoms with van der Waals surface area (Å²) in [6.07, 6.45) is 0. The predicted octanol–water partition coefficient (Wildman–Crippen LogP) is 1.20. The number of rotatable bonds is 4. The summed E-state index contributed by atoms with van der Waals surface area (Å²) in [7, 11) is 0. The molecule has 6 heteroatoms. The number of carbonyl (C=O) groups excluding carboxylic acids is 1. The first kappa shape index (κ1) is 11.4. The Morgan fingerprint density at radius 2 is 1.80 bits per heavy atom. The Labute approximate surface area is 89.0 Å².